The molecule has 10 nitrogen and oxygen atoms in total. The average Bonchev–Trinajstić information content (AvgIpc) is 3.13. The largest absolute Gasteiger partial charge is 0.436 e. The monoisotopic (exact) mass is 480 g/mol. The second kappa shape index (κ2) is 7.65. The minimum Gasteiger partial charge on any atom is -0.436 e. The van der Waals surface area contributed by atoms with E-state index in [0.717, 1.165) is 0 Å². The van der Waals surface area contributed by atoms with Gasteiger partial charge in [-0.15, -0.1) is 0 Å². The first-order valence-electron chi connectivity index (χ1n) is 9.73. The fraction of sp³-hybridized carbons (Fsp3) is 0.400. The van der Waals surface area contributed by atoms with Crippen LogP contribution in [0.5, 0.6) is 0 Å². The van der Waals surface area contributed by atoms with Crippen LogP contribution in [0.1, 0.15) is 13.8 Å². The first kappa shape index (κ1) is 22.4. The number of nitrogens with zero attached hydrogens (tertiary/aromatic N) is 5. The van der Waals surface area contributed by atoms with E-state index in [1.807, 2.05) is 0 Å². The van der Waals surface area contributed by atoms with Gasteiger partial charge in [0.25, 0.3) is 0 Å². The number of hydrogen-bond acceptors (Lipinski definition) is 7. The van der Waals surface area contributed by atoms with Crippen LogP contribution in [0.4, 0.5) is 16.3 Å². The van der Waals surface area contributed by atoms with Crippen molar-refractivity contribution in [3.63, 3.8) is 0 Å². The van der Waals surface area contributed by atoms with Crippen LogP contribution in [0.25, 0.3) is 11.0 Å². The highest BCUT2D eigenvalue weighted by Gasteiger charge is 2.54. The van der Waals surface area contributed by atoms with Gasteiger partial charge in [0.05, 0.1) is 30.3 Å². The molecule has 1 saturated heterocycles. The van der Waals surface area contributed by atoms with E-state index < -0.39 is 17.3 Å². The molecule has 1 unspecified atom stereocenters. The van der Waals surface area contributed by atoms with Crippen molar-refractivity contribution in [1.82, 2.24) is 24.0 Å². The highest BCUT2D eigenvalue weighted by molar-refractivity contribution is 6.33. The zero-order valence-corrected chi connectivity index (χ0v) is 19.4. The SMILES string of the molecule is CN1CC(Cn2c(=O)n(C)c3ccc(Nc4nc(Cl)ncc4Cl)cc32)(C(C)(C)O)OC1=O. The predicted molar refractivity (Wildman–Crippen MR) is 121 cm³/mol. The van der Waals surface area contributed by atoms with Crippen LogP contribution in [0.3, 0.4) is 0 Å². The Hall–Kier alpha value is -2.82. The third kappa shape index (κ3) is 3.68. The molecule has 32 heavy (non-hydrogen) atoms. The summed E-state index contributed by atoms with van der Waals surface area (Å²) in [6.45, 7) is 3.21. The normalized spacial score (nSPS) is 19.0. The molecule has 0 bridgehead atoms. The minimum absolute atomic E-state index is 0.0354. The fourth-order valence-corrected chi connectivity index (χ4v) is 4.06. The molecular weight excluding hydrogens is 459 g/mol. The van der Waals surface area contributed by atoms with Gasteiger partial charge in [0.2, 0.25) is 5.28 Å². The molecule has 1 amide bonds. The zero-order valence-electron chi connectivity index (χ0n) is 17.9. The second-order valence-corrected chi connectivity index (χ2v) is 9.11. The van der Waals surface area contributed by atoms with Crippen molar-refractivity contribution >= 4 is 51.8 Å². The van der Waals surface area contributed by atoms with Gasteiger partial charge in [-0.2, -0.15) is 4.98 Å². The molecule has 1 aliphatic heterocycles. The highest BCUT2D eigenvalue weighted by atomic mass is 35.5. The number of hydrogen-bond donors (Lipinski definition) is 2. The number of anilines is 2. The van der Waals surface area contributed by atoms with E-state index in [-0.39, 0.29) is 29.1 Å². The number of halogens is 2. The van der Waals surface area contributed by atoms with Gasteiger partial charge in [-0.1, -0.05) is 11.6 Å². The summed E-state index contributed by atoms with van der Waals surface area (Å²) in [4.78, 5) is 34.5. The number of benzene rings is 1. The van der Waals surface area contributed by atoms with Crippen LogP contribution in [0, 0.1) is 0 Å². The Kier molecular flexibility index (Phi) is 5.35. The Bertz CT molecular complexity index is 1280. The summed E-state index contributed by atoms with van der Waals surface area (Å²) in [5.74, 6) is 0.315. The molecule has 1 aliphatic rings. The number of rotatable bonds is 5. The maximum atomic E-state index is 13.1. The molecule has 3 aromatic rings. The molecular formula is C20H22Cl2N6O4. The third-order valence-corrected chi connectivity index (χ3v) is 6.20. The average molecular weight is 481 g/mol. The number of amides is 1. The van der Waals surface area contributed by atoms with Gasteiger partial charge in [-0.25, -0.2) is 14.6 Å². The number of aryl methyl sites for hydroxylation is 1. The standard InChI is InChI=1S/C20H22Cl2N6O4/c1-19(2,31)20(9-26(3)18(30)32-20)10-28-14-7-11(5-6-13(14)27(4)17(28)29)24-15-12(21)8-23-16(22)25-15/h5-8,31H,9-10H2,1-4H3,(H,23,24,25). The topological polar surface area (TPSA) is 115 Å². The lowest BCUT2D eigenvalue weighted by Gasteiger charge is -2.37. The first-order chi connectivity index (χ1) is 14.9. The van der Waals surface area contributed by atoms with Crippen molar-refractivity contribution in [1.29, 1.82) is 0 Å². The highest BCUT2D eigenvalue weighted by Crippen LogP contribution is 2.35. The first-order valence-corrected chi connectivity index (χ1v) is 10.5. The molecule has 2 N–H and O–H groups in total. The molecule has 0 aliphatic carbocycles. The van der Waals surface area contributed by atoms with E-state index in [1.165, 1.54) is 20.2 Å². The van der Waals surface area contributed by atoms with E-state index in [0.29, 0.717) is 22.5 Å². The minimum atomic E-state index is -1.41. The molecule has 1 fully saturated rings. The number of ether oxygens (including phenoxy) is 1. The van der Waals surface area contributed by atoms with Gasteiger partial charge in [0.15, 0.2) is 11.4 Å². The third-order valence-electron chi connectivity index (χ3n) is 5.74. The maximum absolute atomic E-state index is 13.1. The van der Waals surface area contributed by atoms with Gasteiger partial charge >= 0.3 is 11.8 Å². The van der Waals surface area contributed by atoms with Crippen LogP contribution in [-0.2, 0) is 18.3 Å². The van der Waals surface area contributed by atoms with Gasteiger partial charge in [0.1, 0.15) is 10.6 Å². The smallest absolute Gasteiger partial charge is 0.410 e. The summed E-state index contributed by atoms with van der Waals surface area (Å²) in [7, 11) is 3.24. The number of imidazole rings is 1. The number of likely N-dealkylation sites (N-methyl/N-ethyl adjacent to an activating group) is 1. The van der Waals surface area contributed by atoms with Crippen LogP contribution in [0.2, 0.25) is 10.3 Å². The van der Waals surface area contributed by atoms with Crippen molar-refractivity contribution in [2.75, 3.05) is 18.9 Å². The van der Waals surface area contributed by atoms with Crippen molar-refractivity contribution in [2.45, 2.75) is 31.6 Å². The summed E-state index contributed by atoms with van der Waals surface area (Å²) < 4.78 is 8.58. The number of aromatic nitrogens is 4. The summed E-state index contributed by atoms with van der Waals surface area (Å²) in [6, 6.07) is 5.30. The van der Waals surface area contributed by atoms with Crippen molar-refractivity contribution in [3.05, 3.63) is 45.2 Å². The number of carbonyl (C=O) groups is 1. The van der Waals surface area contributed by atoms with E-state index in [2.05, 4.69) is 15.3 Å². The van der Waals surface area contributed by atoms with Crippen molar-refractivity contribution < 1.29 is 14.6 Å². The lowest BCUT2D eigenvalue weighted by atomic mass is 9.85. The van der Waals surface area contributed by atoms with Crippen LogP contribution >= 0.6 is 23.2 Å². The quantitative estimate of drug-likeness (QED) is 0.539. The molecule has 0 saturated carbocycles. The van der Waals surface area contributed by atoms with Crippen LogP contribution in [-0.4, -0.2) is 60.0 Å². The van der Waals surface area contributed by atoms with E-state index in [4.69, 9.17) is 27.9 Å². The second-order valence-electron chi connectivity index (χ2n) is 8.37. The molecule has 4 rings (SSSR count). The Labute approximate surface area is 193 Å². The van der Waals surface area contributed by atoms with Crippen LogP contribution in [0.15, 0.2) is 29.2 Å². The van der Waals surface area contributed by atoms with Gasteiger partial charge in [-0.05, 0) is 43.6 Å². The van der Waals surface area contributed by atoms with Crippen molar-refractivity contribution in [3.8, 4) is 0 Å². The Morgan fingerprint density at radius 1 is 1.25 bits per heavy atom. The number of aliphatic hydroxyl groups is 1. The zero-order chi connectivity index (χ0) is 23.4. The van der Waals surface area contributed by atoms with Crippen molar-refractivity contribution in [2.24, 2.45) is 7.05 Å². The van der Waals surface area contributed by atoms with E-state index >= 15 is 0 Å². The molecule has 0 spiro atoms. The lowest BCUT2D eigenvalue weighted by Crippen LogP contribution is -2.56. The van der Waals surface area contributed by atoms with E-state index in [1.54, 1.807) is 46.1 Å². The molecule has 0 radical (unpaired) electrons. The summed E-state index contributed by atoms with van der Waals surface area (Å²) in [5, 5.41) is 14.2. The summed E-state index contributed by atoms with van der Waals surface area (Å²) >= 11 is 12.0. The van der Waals surface area contributed by atoms with Gasteiger partial charge in [-0.3, -0.25) is 9.13 Å². The lowest BCUT2D eigenvalue weighted by molar-refractivity contribution is -0.118. The fourth-order valence-electron chi connectivity index (χ4n) is 3.79. The number of fused-ring (bicyclic) bond motifs is 1. The summed E-state index contributed by atoms with van der Waals surface area (Å²) in [5.41, 5.74) is -1.19. The van der Waals surface area contributed by atoms with Gasteiger partial charge in [0, 0.05) is 19.8 Å². The maximum Gasteiger partial charge on any atom is 0.410 e. The molecule has 1 atom stereocenters. The van der Waals surface area contributed by atoms with E-state index in [9.17, 15) is 14.7 Å². The summed E-state index contributed by atoms with van der Waals surface area (Å²) in [6.07, 6.45) is 0.826. The van der Waals surface area contributed by atoms with Crippen LogP contribution < -0.4 is 11.0 Å². The Morgan fingerprint density at radius 2 is 1.97 bits per heavy atom. The van der Waals surface area contributed by atoms with Gasteiger partial charge < -0.3 is 20.1 Å². The number of cyclic esters (lactones) is 1. The Morgan fingerprint density at radius 3 is 2.59 bits per heavy atom. The molecule has 2 aromatic heterocycles. The molecule has 3 heterocycles. The molecule has 12 heteroatoms. The predicted octanol–water partition coefficient (Wildman–Crippen LogP) is 2.77. The molecule has 170 valence electrons. The molecule has 1 aromatic carbocycles. The number of carbonyl (C=O) groups excluding carboxylic acids is 1. The Balaban J connectivity index is 1.80. The number of nitrogens with one attached hydrogen (secondary N) is 1.